The Bertz CT molecular complexity index is 673. The molecule has 2 rings (SSSR count). The van der Waals surface area contributed by atoms with Crippen LogP contribution in [0.25, 0.3) is 0 Å². The highest BCUT2D eigenvalue weighted by Crippen LogP contribution is 2.22. The van der Waals surface area contributed by atoms with E-state index in [1.165, 1.54) is 0 Å². The number of carbonyl (C=O) groups is 4. The van der Waals surface area contributed by atoms with Crippen molar-refractivity contribution in [2.75, 3.05) is 18.5 Å². The van der Waals surface area contributed by atoms with Gasteiger partial charge in [-0.15, -0.1) is 0 Å². The second-order valence-electron chi connectivity index (χ2n) is 5.31. The zero-order chi connectivity index (χ0) is 17.7. The molecule has 3 amide bonds. The Hall–Kier alpha value is -2.41. The van der Waals surface area contributed by atoms with Crippen LogP contribution in [-0.2, 0) is 23.9 Å². The average molecular weight is 353 g/mol. The van der Waals surface area contributed by atoms with E-state index in [1.807, 2.05) is 0 Å². The number of nitrogens with one attached hydrogen (secondary N) is 1. The molecule has 0 spiro atoms. The van der Waals surface area contributed by atoms with Gasteiger partial charge in [-0.3, -0.25) is 24.1 Å². The van der Waals surface area contributed by atoms with Gasteiger partial charge in [0, 0.05) is 30.1 Å². The highest BCUT2D eigenvalue weighted by molar-refractivity contribution is 6.31. The standard InChI is InChI=1S/C16H17ClN2O5/c1-10-11(17)3-2-4-12(10)18-13(20)9-24-16(23)7-8-19-14(21)5-6-15(19)22/h2-4H,5-9H2,1H3,(H,18,20). The minimum atomic E-state index is -0.652. The van der Waals surface area contributed by atoms with Crippen LogP contribution in [0.15, 0.2) is 18.2 Å². The van der Waals surface area contributed by atoms with E-state index in [-0.39, 0.29) is 37.6 Å². The van der Waals surface area contributed by atoms with Crippen LogP contribution in [-0.4, -0.2) is 41.7 Å². The van der Waals surface area contributed by atoms with Crippen LogP contribution in [0.5, 0.6) is 0 Å². The lowest BCUT2D eigenvalue weighted by Crippen LogP contribution is -2.32. The molecule has 24 heavy (non-hydrogen) atoms. The SMILES string of the molecule is Cc1c(Cl)cccc1NC(=O)COC(=O)CCN1C(=O)CCC1=O. The number of amides is 3. The van der Waals surface area contributed by atoms with Gasteiger partial charge >= 0.3 is 5.97 Å². The first-order chi connectivity index (χ1) is 11.4. The van der Waals surface area contributed by atoms with E-state index < -0.39 is 18.5 Å². The van der Waals surface area contributed by atoms with E-state index in [4.69, 9.17) is 16.3 Å². The predicted molar refractivity (Wildman–Crippen MR) is 86.3 cm³/mol. The molecule has 1 aliphatic rings. The van der Waals surface area contributed by atoms with Gasteiger partial charge in [0.2, 0.25) is 11.8 Å². The number of likely N-dealkylation sites (tertiary alicyclic amines) is 1. The summed E-state index contributed by atoms with van der Waals surface area (Å²) >= 11 is 5.96. The third-order valence-electron chi connectivity index (χ3n) is 3.60. The number of halogens is 1. The van der Waals surface area contributed by atoms with Crippen LogP contribution in [0, 0.1) is 6.92 Å². The average Bonchev–Trinajstić information content (AvgIpc) is 2.86. The van der Waals surface area contributed by atoms with Gasteiger partial charge in [0.05, 0.1) is 6.42 Å². The number of esters is 1. The molecule has 0 aromatic heterocycles. The zero-order valence-electron chi connectivity index (χ0n) is 13.1. The van der Waals surface area contributed by atoms with Crippen LogP contribution in [0.4, 0.5) is 5.69 Å². The first kappa shape index (κ1) is 17.9. The van der Waals surface area contributed by atoms with Crippen LogP contribution < -0.4 is 5.32 Å². The number of benzene rings is 1. The quantitative estimate of drug-likeness (QED) is 0.621. The third kappa shape index (κ3) is 4.55. The zero-order valence-corrected chi connectivity index (χ0v) is 13.9. The van der Waals surface area contributed by atoms with Crippen LogP contribution in [0.2, 0.25) is 5.02 Å². The number of ether oxygens (including phenoxy) is 1. The molecular weight excluding hydrogens is 336 g/mol. The molecule has 1 fully saturated rings. The maximum atomic E-state index is 11.8. The molecule has 8 heteroatoms. The molecule has 0 saturated carbocycles. The first-order valence-corrected chi connectivity index (χ1v) is 7.80. The Morgan fingerprint density at radius 3 is 2.58 bits per heavy atom. The summed E-state index contributed by atoms with van der Waals surface area (Å²) in [6.45, 7) is 1.28. The number of imide groups is 1. The van der Waals surface area contributed by atoms with Crippen molar-refractivity contribution in [3.63, 3.8) is 0 Å². The van der Waals surface area contributed by atoms with Crippen molar-refractivity contribution in [3.8, 4) is 0 Å². The minimum Gasteiger partial charge on any atom is -0.456 e. The van der Waals surface area contributed by atoms with E-state index in [2.05, 4.69) is 5.32 Å². The van der Waals surface area contributed by atoms with Crippen LogP contribution in [0.3, 0.4) is 0 Å². The number of carbonyl (C=O) groups excluding carboxylic acids is 4. The second kappa shape index (κ2) is 7.92. The largest absolute Gasteiger partial charge is 0.456 e. The van der Waals surface area contributed by atoms with E-state index in [9.17, 15) is 19.2 Å². The van der Waals surface area contributed by atoms with E-state index in [0.717, 1.165) is 4.90 Å². The summed E-state index contributed by atoms with van der Waals surface area (Å²) in [5.41, 5.74) is 1.25. The lowest BCUT2D eigenvalue weighted by Gasteiger charge is -2.13. The molecule has 128 valence electrons. The number of rotatable bonds is 6. The number of nitrogens with zero attached hydrogens (tertiary/aromatic N) is 1. The van der Waals surface area contributed by atoms with Gasteiger partial charge in [-0.05, 0) is 24.6 Å². The Kier molecular flexibility index (Phi) is 5.92. The number of anilines is 1. The first-order valence-electron chi connectivity index (χ1n) is 7.42. The number of hydrogen-bond donors (Lipinski definition) is 1. The molecule has 1 saturated heterocycles. The lowest BCUT2D eigenvalue weighted by atomic mass is 10.2. The van der Waals surface area contributed by atoms with Crippen LogP contribution in [0.1, 0.15) is 24.8 Å². The topological polar surface area (TPSA) is 92.8 Å². The van der Waals surface area contributed by atoms with Crippen molar-refractivity contribution >= 4 is 41.0 Å². The monoisotopic (exact) mass is 352 g/mol. The Morgan fingerprint density at radius 2 is 1.92 bits per heavy atom. The summed E-state index contributed by atoms with van der Waals surface area (Å²) in [6.07, 6.45) is 0.214. The van der Waals surface area contributed by atoms with Gasteiger partial charge in [-0.2, -0.15) is 0 Å². The summed E-state index contributed by atoms with van der Waals surface area (Å²) in [4.78, 5) is 47.3. The van der Waals surface area contributed by atoms with Gasteiger partial charge in [0.15, 0.2) is 6.61 Å². The summed E-state index contributed by atoms with van der Waals surface area (Å²) in [6, 6.07) is 5.08. The molecule has 0 aliphatic carbocycles. The third-order valence-corrected chi connectivity index (χ3v) is 4.01. The predicted octanol–water partition coefficient (Wildman–Crippen LogP) is 1.67. The molecule has 7 nitrogen and oxygen atoms in total. The molecule has 1 aromatic carbocycles. The van der Waals surface area contributed by atoms with Crippen molar-refractivity contribution in [3.05, 3.63) is 28.8 Å². The summed E-state index contributed by atoms with van der Waals surface area (Å²) in [5.74, 6) is -1.73. The molecule has 0 radical (unpaired) electrons. The Balaban J connectivity index is 1.75. The minimum absolute atomic E-state index is 0.0223. The normalized spacial score (nSPS) is 14.0. The fraction of sp³-hybridized carbons (Fsp3) is 0.375. The number of hydrogen-bond acceptors (Lipinski definition) is 5. The summed E-state index contributed by atoms with van der Waals surface area (Å²) in [5, 5.41) is 3.12. The highest BCUT2D eigenvalue weighted by atomic mass is 35.5. The molecule has 0 atom stereocenters. The second-order valence-corrected chi connectivity index (χ2v) is 5.72. The lowest BCUT2D eigenvalue weighted by molar-refractivity contribution is -0.148. The van der Waals surface area contributed by atoms with Crippen molar-refractivity contribution in [2.45, 2.75) is 26.2 Å². The van der Waals surface area contributed by atoms with Crippen LogP contribution >= 0.6 is 11.6 Å². The molecular formula is C16H17ClN2O5. The molecule has 1 aromatic rings. The molecule has 1 heterocycles. The van der Waals surface area contributed by atoms with Gasteiger partial charge < -0.3 is 10.1 Å². The Labute approximate surface area is 143 Å². The van der Waals surface area contributed by atoms with Crippen molar-refractivity contribution < 1.29 is 23.9 Å². The summed E-state index contributed by atoms with van der Waals surface area (Å²) < 4.78 is 4.84. The summed E-state index contributed by atoms with van der Waals surface area (Å²) in [7, 11) is 0. The molecule has 1 N–H and O–H groups in total. The van der Waals surface area contributed by atoms with Crippen molar-refractivity contribution in [2.24, 2.45) is 0 Å². The van der Waals surface area contributed by atoms with Gasteiger partial charge in [-0.1, -0.05) is 17.7 Å². The van der Waals surface area contributed by atoms with Crippen molar-refractivity contribution in [1.29, 1.82) is 0 Å². The molecule has 0 bridgehead atoms. The van der Waals surface area contributed by atoms with Crippen molar-refractivity contribution in [1.82, 2.24) is 4.90 Å². The fourth-order valence-electron chi connectivity index (χ4n) is 2.22. The molecule has 1 aliphatic heterocycles. The smallest absolute Gasteiger partial charge is 0.308 e. The van der Waals surface area contributed by atoms with Gasteiger partial charge in [0.1, 0.15) is 0 Å². The maximum Gasteiger partial charge on any atom is 0.308 e. The van der Waals surface area contributed by atoms with E-state index >= 15 is 0 Å². The fourth-order valence-corrected chi connectivity index (χ4v) is 2.40. The van der Waals surface area contributed by atoms with E-state index in [1.54, 1.807) is 25.1 Å². The highest BCUT2D eigenvalue weighted by Gasteiger charge is 2.29. The van der Waals surface area contributed by atoms with Gasteiger partial charge in [-0.25, -0.2) is 0 Å². The van der Waals surface area contributed by atoms with E-state index in [0.29, 0.717) is 16.3 Å². The maximum absolute atomic E-state index is 11.8. The van der Waals surface area contributed by atoms with Gasteiger partial charge in [0.25, 0.3) is 5.91 Å². The molecule has 0 unspecified atom stereocenters. The Morgan fingerprint density at radius 1 is 1.25 bits per heavy atom.